The molecule has 0 aliphatic carbocycles. The van der Waals surface area contributed by atoms with Gasteiger partial charge in [0.25, 0.3) is 5.91 Å². The van der Waals surface area contributed by atoms with Crippen LogP contribution in [-0.4, -0.2) is 61.9 Å². The van der Waals surface area contributed by atoms with Crippen LogP contribution in [0, 0.1) is 5.82 Å². The van der Waals surface area contributed by atoms with E-state index in [-0.39, 0.29) is 30.7 Å². The Hall–Kier alpha value is -3.33. The Labute approximate surface area is 179 Å². The van der Waals surface area contributed by atoms with E-state index >= 15 is 0 Å². The highest BCUT2D eigenvalue weighted by molar-refractivity contribution is 5.94. The summed E-state index contributed by atoms with van der Waals surface area (Å²) in [5, 5.41) is 21.2. The Bertz CT molecular complexity index is 1020. The number of nitrogens with zero attached hydrogens (tertiary/aromatic N) is 5. The first kappa shape index (κ1) is 20.9. The van der Waals surface area contributed by atoms with E-state index in [1.54, 1.807) is 43.4 Å². The lowest BCUT2D eigenvalue weighted by molar-refractivity contribution is 0.0790. The highest BCUT2D eigenvalue weighted by Gasteiger charge is 2.28. The van der Waals surface area contributed by atoms with Gasteiger partial charge in [0.1, 0.15) is 18.2 Å². The first-order chi connectivity index (χ1) is 15.0. The van der Waals surface area contributed by atoms with Gasteiger partial charge >= 0.3 is 0 Å². The van der Waals surface area contributed by atoms with Crippen LogP contribution >= 0.6 is 0 Å². The first-order valence-corrected chi connectivity index (χ1v) is 10.2. The van der Waals surface area contributed by atoms with Gasteiger partial charge < -0.3 is 14.7 Å². The quantitative estimate of drug-likeness (QED) is 0.622. The molecule has 2 heterocycles. The third-order valence-corrected chi connectivity index (χ3v) is 5.49. The number of rotatable bonds is 7. The Kier molecular flexibility index (Phi) is 6.22. The van der Waals surface area contributed by atoms with E-state index < -0.39 is 6.10 Å². The van der Waals surface area contributed by atoms with E-state index in [0.717, 1.165) is 12.0 Å². The molecule has 1 saturated heterocycles. The summed E-state index contributed by atoms with van der Waals surface area (Å²) >= 11 is 0. The van der Waals surface area contributed by atoms with Crippen LogP contribution in [0.25, 0.3) is 0 Å². The predicted molar refractivity (Wildman–Crippen MR) is 110 cm³/mol. The molecule has 1 fully saturated rings. The summed E-state index contributed by atoms with van der Waals surface area (Å²) in [5.74, 6) is 1.07. The minimum absolute atomic E-state index is 0.0361. The van der Waals surface area contributed by atoms with E-state index in [9.17, 15) is 14.3 Å². The zero-order valence-corrected chi connectivity index (χ0v) is 17.2. The van der Waals surface area contributed by atoms with E-state index in [1.165, 1.54) is 16.8 Å². The molecule has 9 heteroatoms. The van der Waals surface area contributed by atoms with Crippen LogP contribution in [-0.2, 0) is 13.5 Å². The van der Waals surface area contributed by atoms with Crippen LogP contribution in [0.1, 0.15) is 34.1 Å². The lowest BCUT2D eigenvalue weighted by Crippen LogP contribution is -2.28. The van der Waals surface area contributed by atoms with Crippen LogP contribution in [0.5, 0.6) is 5.75 Å². The van der Waals surface area contributed by atoms with Crippen molar-refractivity contribution in [3.63, 3.8) is 0 Å². The van der Waals surface area contributed by atoms with Crippen molar-refractivity contribution >= 4 is 5.91 Å². The van der Waals surface area contributed by atoms with Crippen molar-refractivity contribution in [1.29, 1.82) is 0 Å². The summed E-state index contributed by atoms with van der Waals surface area (Å²) in [6.07, 6.45) is 0.390. The van der Waals surface area contributed by atoms with E-state index in [2.05, 4.69) is 15.5 Å². The average molecular weight is 425 g/mol. The number of aliphatic hydroxyl groups excluding tert-OH is 1. The number of carbonyl (C=O) groups is 1. The van der Waals surface area contributed by atoms with Crippen molar-refractivity contribution in [1.82, 2.24) is 25.1 Å². The van der Waals surface area contributed by atoms with Gasteiger partial charge in [0, 0.05) is 38.0 Å². The third-order valence-electron chi connectivity index (χ3n) is 5.49. The molecule has 0 radical (unpaired) electrons. The molecule has 2 aromatic carbocycles. The third kappa shape index (κ3) is 5.05. The fraction of sp³-hybridized carbons (Fsp3) is 0.364. The van der Waals surface area contributed by atoms with E-state index in [0.29, 0.717) is 30.2 Å². The van der Waals surface area contributed by atoms with Crippen molar-refractivity contribution in [3.05, 3.63) is 71.3 Å². The largest absolute Gasteiger partial charge is 0.491 e. The Morgan fingerprint density at radius 2 is 1.97 bits per heavy atom. The number of halogens is 1. The SMILES string of the molecule is Cn1nnnc1CC(O)COc1ccc(C(=O)N2CCC(c3ccc(F)cc3)C2)cc1. The Balaban J connectivity index is 1.29. The standard InChI is InChI=1S/C22H24FN5O3/c1-27-21(24-25-26-27)12-19(29)14-31-20-8-4-16(5-9-20)22(30)28-11-10-17(13-28)15-2-6-18(23)7-3-15/h2-9,17,19,29H,10-14H2,1H3. The highest BCUT2D eigenvalue weighted by Crippen LogP contribution is 2.28. The van der Waals surface area contributed by atoms with Crippen LogP contribution in [0.15, 0.2) is 48.5 Å². The maximum atomic E-state index is 13.1. The number of carbonyl (C=O) groups excluding carboxylic acids is 1. The lowest BCUT2D eigenvalue weighted by Gasteiger charge is -2.17. The maximum Gasteiger partial charge on any atom is 0.253 e. The smallest absolute Gasteiger partial charge is 0.253 e. The number of ether oxygens (including phenoxy) is 1. The van der Waals surface area contributed by atoms with Gasteiger partial charge in [-0.25, -0.2) is 9.07 Å². The first-order valence-electron chi connectivity index (χ1n) is 10.2. The molecule has 1 amide bonds. The topological polar surface area (TPSA) is 93.4 Å². The molecule has 0 spiro atoms. The fourth-order valence-corrected chi connectivity index (χ4v) is 3.71. The number of likely N-dealkylation sites (tertiary alicyclic amines) is 1. The van der Waals surface area contributed by atoms with Gasteiger partial charge in [-0.15, -0.1) is 5.10 Å². The molecule has 0 bridgehead atoms. The van der Waals surface area contributed by atoms with Crippen LogP contribution in [0.4, 0.5) is 4.39 Å². The second-order valence-corrected chi connectivity index (χ2v) is 7.70. The van der Waals surface area contributed by atoms with Crippen molar-refractivity contribution < 1.29 is 19.0 Å². The number of benzene rings is 2. The van der Waals surface area contributed by atoms with E-state index in [1.807, 2.05) is 4.90 Å². The second-order valence-electron chi connectivity index (χ2n) is 7.70. The van der Waals surface area contributed by atoms with Gasteiger partial charge in [-0.1, -0.05) is 12.1 Å². The number of aromatic nitrogens is 4. The summed E-state index contributed by atoms with van der Waals surface area (Å²) in [6, 6.07) is 13.4. The van der Waals surface area contributed by atoms with Crippen LogP contribution in [0.3, 0.4) is 0 Å². The van der Waals surface area contributed by atoms with Crippen molar-refractivity contribution in [3.8, 4) is 5.75 Å². The normalized spacial score (nSPS) is 17.0. The summed E-state index contributed by atoms with van der Waals surface area (Å²) in [7, 11) is 1.71. The van der Waals surface area contributed by atoms with Crippen molar-refractivity contribution in [2.24, 2.45) is 7.05 Å². The lowest BCUT2D eigenvalue weighted by atomic mass is 9.99. The fourth-order valence-electron chi connectivity index (χ4n) is 3.71. The second kappa shape index (κ2) is 9.22. The number of hydrogen-bond donors (Lipinski definition) is 1. The van der Waals surface area contributed by atoms with Crippen LogP contribution in [0.2, 0.25) is 0 Å². The average Bonchev–Trinajstić information content (AvgIpc) is 3.42. The molecule has 1 N–H and O–H groups in total. The minimum Gasteiger partial charge on any atom is -0.491 e. The molecule has 3 aromatic rings. The summed E-state index contributed by atoms with van der Waals surface area (Å²) in [6.45, 7) is 1.37. The molecule has 162 valence electrons. The number of aryl methyl sites for hydroxylation is 1. The number of aliphatic hydroxyl groups is 1. The number of amides is 1. The molecule has 4 rings (SSSR count). The molecule has 2 unspecified atom stereocenters. The molecule has 31 heavy (non-hydrogen) atoms. The Morgan fingerprint density at radius 1 is 1.23 bits per heavy atom. The van der Waals surface area contributed by atoms with Gasteiger partial charge in [-0.05, 0) is 58.8 Å². The molecule has 1 aliphatic rings. The van der Waals surface area contributed by atoms with Crippen molar-refractivity contribution in [2.75, 3.05) is 19.7 Å². The number of hydrogen-bond acceptors (Lipinski definition) is 6. The molecule has 0 saturated carbocycles. The minimum atomic E-state index is -0.751. The molecule has 1 aliphatic heterocycles. The zero-order chi connectivity index (χ0) is 21.8. The molecular weight excluding hydrogens is 401 g/mol. The molecule has 1 aromatic heterocycles. The zero-order valence-electron chi connectivity index (χ0n) is 17.2. The Morgan fingerprint density at radius 3 is 2.65 bits per heavy atom. The van der Waals surface area contributed by atoms with E-state index in [4.69, 9.17) is 4.74 Å². The maximum absolute atomic E-state index is 13.1. The van der Waals surface area contributed by atoms with Crippen molar-refractivity contribution in [2.45, 2.75) is 24.9 Å². The highest BCUT2D eigenvalue weighted by atomic mass is 19.1. The van der Waals surface area contributed by atoms with Gasteiger partial charge in [-0.3, -0.25) is 4.79 Å². The molecular formula is C22H24FN5O3. The summed E-state index contributed by atoms with van der Waals surface area (Å²) < 4.78 is 20.3. The molecule has 2 atom stereocenters. The summed E-state index contributed by atoms with van der Waals surface area (Å²) in [5.41, 5.74) is 1.63. The van der Waals surface area contributed by atoms with Gasteiger partial charge in [-0.2, -0.15) is 0 Å². The van der Waals surface area contributed by atoms with Gasteiger partial charge in [0.05, 0.1) is 6.10 Å². The van der Waals surface area contributed by atoms with Gasteiger partial charge in [0.15, 0.2) is 5.82 Å². The van der Waals surface area contributed by atoms with Crippen LogP contribution < -0.4 is 4.74 Å². The predicted octanol–water partition coefficient (Wildman–Crippen LogP) is 1.96. The number of tetrazole rings is 1. The van der Waals surface area contributed by atoms with Gasteiger partial charge in [0.2, 0.25) is 0 Å². The summed E-state index contributed by atoms with van der Waals surface area (Å²) in [4.78, 5) is 14.7. The molecule has 8 nitrogen and oxygen atoms in total. The monoisotopic (exact) mass is 425 g/mol.